The summed E-state index contributed by atoms with van der Waals surface area (Å²) in [6, 6.07) is 12.5. The molecule has 0 radical (unpaired) electrons. The van der Waals surface area contributed by atoms with E-state index in [2.05, 4.69) is 27.1 Å². The van der Waals surface area contributed by atoms with Gasteiger partial charge in [0.25, 0.3) is 5.91 Å². The summed E-state index contributed by atoms with van der Waals surface area (Å²) in [5.41, 5.74) is 1.05. The first-order valence-corrected chi connectivity index (χ1v) is 10.2. The van der Waals surface area contributed by atoms with Crippen LogP contribution < -0.4 is 5.32 Å². The second kappa shape index (κ2) is 9.36. The summed E-state index contributed by atoms with van der Waals surface area (Å²) in [4.78, 5) is 21.8. The third kappa shape index (κ3) is 4.98. The third-order valence-electron chi connectivity index (χ3n) is 5.35. The van der Waals surface area contributed by atoms with Crippen molar-refractivity contribution < 1.29 is 18.0 Å². The van der Waals surface area contributed by atoms with Crippen molar-refractivity contribution in [3.8, 4) is 22.8 Å². The molecule has 31 heavy (non-hydrogen) atoms. The molecule has 3 aromatic rings. The lowest BCUT2D eigenvalue weighted by atomic mass is 10.1. The third-order valence-corrected chi connectivity index (χ3v) is 5.35. The van der Waals surface area contributed by atoms with Crippen molar-refractivity contribution in [2.45, 2.75) is 0 Å². The summed E-state index contributed by atoms with van der Waals surface area (Å²) < 4.78 is 32.8. The molecule has 0 bridgehead atoms. The smallest absolute Gasteiger partial charge is 0.273 e. The minimum Gasteiger partial charge on any atom is -0.435 e. The second-order valence-electron chi connectivity index (χ2n) is 7.59. The molecule has 1 saturated heterocycles. The highest BCUT2D eigenvalue weighted by Crippen LogP contribution is 2.30. The predicted molar refractivity (Wildman–Crippen MR) is 114 cm³/mol. The zero-order chi connectivity index (χ0) is 21.8. The van der Waals surface area contributed by atoms with E-state index in [0.717, 1.165) is 44.9 Å². The lowest BCUT2D eigenvalue weighted by Gasteiger charge is -2.32. The molecule has 162 valence electrons. The van der Waals surface area contributed by atoms with Crippen LogP contribution in [-0.4, -0.2) is 67.0 Å². The van der Waals surface area contributed by atoms with Gasteiger partial charge < -0.3 is 14.6 Å². The van der Waals surface area contributed by atoms with Gasteiger partial charge in [0.05, 0.1) is 0 Å². The Hall–Kier alpha value is -3.10. The number of carbonyl (C=O) groups excluding carboxylic acids is 1. The molecule has 1 aromatic heterocycles. The summed E-state index contributed by atoms with van der Waals surface area (Å²) in [5, 5.41) is 2.90. The standard InChI is InChI=1S/C23H24F2N4O2/c1-28-11-13-29(14-12-28)10-9-26-22(30)20-21(16-5-3-2-4-6-16)31-23(27-20)17-7-8-18(24)19(25)15-17/h2-8,15H,9-14H2,1H3,(H,26,30). The van der Waals surface area contributed by atoms with E-state index in [1.807, 2.05) is 18.2 Å². The van der Waals surface area contributed by atoms with Crippen LogP contribution in [0.5, 0.6) is 0 Å². The Bertz CT molecular complexity index is 1050. The highest BCUT2D eigenvalue weighted by atomic mass is 19.2. The average Bonchev–Trinajstić information content (AvgIpc) is 3.23. The molecule has 1 aliphatic rings. The summed E-state index contributed by atoms with van der Waals surface area (Å²) in [6.07, 6.45) is 0. The van der Waals surface area contributed by atoms with E-state index in [0.29, 0.717) is 12.1 Å². The molecule has 2 heterocycles. The molecule has 0 atom stereocenters. The number of halogens is 2. The molecule has 0 spiro atoms. The molecule has 1 fully saturated rings. The molecule has 2 aromatic carbocycles. The van der Waals surface area contributed by atoms with E-state index in [1.54, 1.807) is 12.1 Å². The number of aromatic nitrogens is 1. The largest absolute Gasteiger partial charge is 0.435 e. The molecule has 1 N–H and O–H groups in total. The number of carbonyl (C=O) groups is 1. The van der Waals surface area contributed by atoms with Crippen LogP contribution in [0.15, 0.2) is 52.9 Å². The fourth-order valence-electron chi connectivity index (χ4n) is 3.49. The maximum Gasteiger partial charge on any atom is 0.273 e. The van der Waals surface area contributed by atoms with E-state index < -0.39 is 11.6 Å². The molecule has 1 amide bonds. The Morgan fingerprint density at radius 1 is 1.03 bits per heavy atom. The van der Waals surface area contributed by atoms with Crippen LogP contribution in [0.1, 0.15) is 10.5 Å². The quantitative estimate of drug-likeness (QED) is 0.656. The second-order valence-corrected chi connectivity index (χ2v) is 7.59. The molecule has 0 aliphatic carbocycles. The van der Waals surface area contributed by atoms with Crippen molar-refractivity contribution in [3.05, 3.63) is 65.9 Å². The van der Waals surface area contributed by atoms with Crippen LogP contribution in [0.25, 0.3) is 22.8 Å². The van der Waals surface area contributed by atoms with Crippen molar-refractivity contribution in [1.82, 2.24) is 20.1 Å². The number of benzene rings is 2. The number of hydrogen-bond donors (Lipinski definition) is 1. The molecule has 0 saturated carbocycles. The molecule has 8 heteroatoms. The predicted octanol–water partition coefficient (Wildman–Crippen LogP) is 3.26. The van der Waals surface area contributed by atoms with Crippen LogP contribution in [0.2, 0.25) is 0 Å². The number of rotatable bonds is 6. The number of oxazole rings is 1. The van der Waals surface area contributed by atoms with E-state index in [1.165, 1.54) is 6.07 Å². The van der Waals surface area contributed by atoms with Crippen LogP contribution in [0, 0.1) is 11.6 Å². The van der Waals surface area contributed by atoms with Gasteiger partial charge in [-0.2, -0.15) is 0 Å². The highest BCUT2D eigenvalue weighted by Gasteiger charge is 2.23. The van der Waals surface area contributed by atoms with Gasteiger partial charge in [-0.1, -0.05) is 30.3 Å². The van der Waals surface area contributed by atoms with Crippen molar-refractivity contribution >= 4 is 5.91 Å². The van der Waals surface area contributed by atoms with Gasteiger partial charge in [0.15, 0.2) is 23.1 Å². The minimum atomic E-state index is -1.00. The first-order chi connectivity index (χ1) is 15.0. The number of likely N-dealkylation sites (N-methyl/N-ethyl adjacent to an activating group) is 1. The van der Waals surface area contributed by atoms with Crippen molar-refractivity contribution in [2.24, 2.45) is 0 Å². The van der Waals surface area contributed by atoms with E-state index >= 15 is 0 Å². The monoisotopic (exact) mass is 426 g/mol. The minimum absolute atomic E-state index is 0.0574. The Labute approximate surface area is 179 Å². The van der Waals surface area contributed by atoms with Gasteiger partial charge in [0.2, 0.25) is 5.89 Å². The van der Waals surface area contributed by atoms with Gasteiger partial charge in [0.1, 0.15) is 0 Å². The van der Waals surface area contributed by atoms with Crippen molar-refractivity contribution in [3.63, 3.8) is 0 Å². The SMILES string of the molecule is CN1CCN(CCNC(=O)c2nc(-c3ccc(F)c(F)c3)oc2-c2ccccc2)CC1. The average molecular weight is 426 g/mol. The topological polar surface area (TPSA) is 61.6 Å². The fourth-order valence-corrected chi connectivity index (χ4v) is 3.49. The van der Waals surface area contributed by atoms with Gasteiger partial charge >= 0.3 is 0 Å². The van der Waals surface area contributed by atoms with Crippen molar-refractivity contribution in [1.29, 1.82) is 0 Å². The maximum absolute atomic E-state index is 13.7. The normalized spacial score (nSPS) is 15.2. The number of nitrogens with one attached hydrogen (secondary N) is 1. The Balaban J connectivity index is 1.54. The van der Waals surface area contributed by atoms with E-state index in [4.69, 9.17) is 4.42 Å². The number of hydrogen-bond acceptors (Lipinski definition) is 5. The van der Waals surface area contributed by atoms with Gasteiger partial charge in [-0.25, -0.2) is 13.8 Å². The van der Waals surface area contributed by atoms with Crippen LogP contribution in [-0.2, 0) is 0 Å². The lowest BCUT2D eigenvalue weighted by molar-refractivity contribution is 0.0937. The molecule has 4 rings (SSSR count). The number of piperazine rings is 1. The number of amides is 1. The summed E-state index contributed by atoms with van der Waals surface area (Å²) in [7, 11) is 2.10. The summed E-state index contributed by atoms with van der Waals surface area (Å²) in [6.45, 7) is 5.16. The Morgan fingerprint density at radius 3 is 2.48 bits per heavy atom. The first-order valence-electron chi connectivity index (χ1n) is 10.2. The zero-order valence-corrected chi connectivity index (χ0v) is 17.3. The maximum atomic E-state index is 13.7. The van der Waals surface area contributed by atoms with Gasteiger partial charge in [-0.05, 0) is 25.2 Å². The van der Waals surface area contributed by atoms with E-state index in [9.17, 15) is 13.6 Å². The fraction of sp³-hybridized carbons (Fsp3) is 0.304. The van der Waals surface area contributed by atoms with Crippen molar-refractivity contribution in [2.75, 3.05) is 46.3 Å². The van der Waals surface area contributed by atoms with Gasteiger partial charge in [0, 0.05) is 50.4 Å². The van der Waals surface area contributed by atoms with Crippen LogP contribution in [0.3, 0.4) is 0 Å². The first kappa shape index (κ1) is 21.1. The summed E-state index contributed by atoms with van der Waals surface area (Å²) in [5.74, 6) is -1.99. The van der Waals surface area contributed by atoms with Crippen LogP contribution in [0.4, 0.5) is 8.78 Å². The molecule has 1 aliphatic heterocycles. The highest BCUT2D eigenvalue weighted by molar-refractivity contribution is 5.98. The van der Waals surface area contributed by atoms with Gasteiger partial charge in [-0.15, -0.1) is 0 Å². The van der Waals surface area contributed by atoms with E-state index in [-0.39, 0.29) is 28.8 Å². The molecule has 0 unspecified atom stereocenters. The van der Waals surface area contributed by atoms with Gasteiger partial charge in [-0.3, -0.25) is 9.69 Å². The number of nitrogens with zero attached hydrogens (tertiary/aromatic N) is 3. The zero-order valence-electron chi connectivity index (χ0n) is 17.3. The lowest BCUT2D eigenvalue weighted by Crippen LogP contribution is -2.46. The molecule has 6 nitrogen and oxygen atoms in total. The Kier molecular flexibility index (Phi) is 6.39. The Morgan fingerprint density at radius 2 is 1.77 bits per heavy atom. The van der Waals surface area contributed by atoms with Crippen LogP contribution >= 0.6 is 0 Å². The summed E-state index contributed by atoms with van der Waals surface area (Å²) >= 11 is 0. The molecular formula is C23H24F2N4O2. The molecular weight excluding hydrogens is 402 g/mol.